The van der Waals surface area contributed by atoms with Crippen molar-refractivity contribution in [2.24, 2.45) is 0 Å². The summed E-state index contributed by atoms with van der Waals surface area (Å²) >= 11 is 0. The Balaban J connectivity index is 4.13. The normalized spacial score (nSPS) is 12.8. The summed E-state index contributed by atoms with van der Waals surface area (Å²) in [6.45, 7) is 10.0. The lowest BCUT2D eigenvalue weighted by Crippen LogP contribution is -2.16. The Labute approximate surface area is 76.5 Å². The van der Waals surface area contributed by atoms with Gasteiger partial charge >= 0.3 is 0 Å². The van der Waals surface area contributed by atoms with Crippen molar-refractivity contribution < 1.29 is 5.11 Å². The van der Waals surface area contributed by atoms with Crippen LogP contribution < -0.4 is 0 Å². The summed E-state index contributed by atoms with van der Waals surface area (Å²) in [5.41, 5.74) is 2.44. The second-order valence-electron chi connectivity index (χ2n) is 4.51. The summed E-state index contributed by atoms with van der Waals surface area (Å²) in [5.74, 6) is 2.95. The average Bonchev–Trinajstić information content (AvgIpc) is 1.76. The SMILES string of the molecule is CC(C)(O)/C=C/C#C[Si](C)(C)C. The van der Waals surface area contributed by atoms with Crippen LogP contribution in [0.3, 0.4) is 0 Å². The second-order valence-corrected chi connectivity index (χ2v) is 9.26. The van der Waals surface area contributed by atoms with Crippen LogP contribution in [0, 0.1) is 11.5 Å². The molecule has 0 fully saturated rings. The van der Waals surface area contributed by atoms with Crippen LogP contribution in [0.15, 0.2) is 12.2 Å². The molecule has 0 unspecified atom stereocenters. The van der Waals surface area contributed by atoms with Crippen LogP contribution in [-0.4, -0.2) is 18.8 Å². The summed E-state index contributed by atoms with van der Waals surface area (Å²) in [7, 11) is -1.25. The minimum absolute atomic E-state index is 0.742. The molecule has 0 aliphatic carbocycles. The van der Waals surface area contributed by atoms with E-state index in [-0.39, 0.29) is 0 Å². The molecule has 1 N–H and O–H groups in total. The largest absolute Gasteiger partial charge is 0.386 e. The average molecular weight is 182 g/mol. The highest BCUT2D eigenvalue weighted by Gasteiger charge is 2.07. The second kappa shape index (κ2) is 3.93. The smallest absolute Gasteiger partial charge is 0.129 e. The Morgan fingerprint density at radius 1 is 1.25 bits per heavy atom. The third-order valence-electron chi connectivity index (χ3n) is 1.02. The Hall–Kier alpha value is -0.523. The van der Waals surface area contributed by atoms with E-state index in [4.69, 9.17) is 0 Å². The molecule has 0 spiro atoms. The fourth-order valence-electron chi connectivity index (χ4n) is 0.504. The number of rotatable bonds is 1. The van der Waals surface area contributed by atoms with Gasteiger partial charge in [-0.05, 0) is 26.0 Å². The molecule has 2 heteroatoms. The van der Waals surface area contributed by atoms with E-state index < -0.39 is 13.7 Å². The maximum Gasteiger partial charge on any atom is 0.129 e. The van der Waals surface area contributed by atoms with Gasteiger partial charge in [0.15, 0.2) is 0 Å². The van der Waals surface area contributed by atoms with Gasteiger partial charge in [0.25, 0.3) is 0 Å². The highest BCUT2D eigenvalue weighted by Crippen LogP contribution is 2.01. The summed E-state index contributed by atoms with van der Waals surface area (Å²) in [5, 5.41) is 9.30. The molecular weight excluding hydrogens is 164 g/mol. The van der Waals surface area contributed by atoms with Crippen LogP contribution in [0.4, 0.5) is 0 Å². The molecule has 12 heavy (non-hydrogen) atoms. The molecule has 0 aromatic carbocycles. The van der Waals surface area contributed by atoms with Crippen molar-refractivity contribution in [3.63, 3.8) is 0 Å². The van der Waals surface area contributed by atoms with Crippen molar-refractivity contribution in [2.45, 2.75) is 39.1 Å². The van der Waals surface area contributed by atoms with Gasteiger partial charge in [-0.25, -0.2) is 0 Å². The third-order valence-corrected chi connectivity index (χ3v) is 1.92. The molecule has 1 nitrogen and oxygen atoms in total. The molecule has 0 radical (unpaired) electrons. The molecule has 0 atom stereocenters. The molecule has 0 aliphatic rings. The van der Waals surface area contributed by atoms with E-state index in [0.717, 1.165) is 0 Å². The first-order valence-corrected chi connectivity index (χ1v) is 7.63. The Morgan fingerprint density at radius 3 is 2.08 bits per heavy atom. The molecule has 0 rings (SSSR count). The number of allylic oxidation sites excluding steroid dienone is 1. The quantitative estimate of drug-likeness (QED) is 0.487. The van der Waals surface area contributed by atoms with Gasteiger partial charge in [0.2, 0.25) is 0 Å². The fraction of sp³-hybridized carbons (Fsp3) is 0.600. The highest BCUT2D eigenvalue weighted by molar-refractivity contribution is 6.83. The zero-order valence-corrected chi connectivity index (χ0v) is 9.60. The molecule has 0 saturated heterocycles. The van der Waals surface area contributed by atoms with E-state index in [1.165, 1.54) is 0 Å². The van der Waals surface area contributed by atoms with Gasteiger partial charge in [0.1, 0.15) is 8.07 Å². The number of hydrogen-bond acceptors (Lipinski definition) is 1. The molecule has 0 aromatic heterocycles. The molecule has 0 amide bonds. The van der Waals surface area contributed by atoms with Gasteiger partial charge in [-0.2, -0.15) is 0 Å². The van der Waals surface area contributed by atoms with Crippen molar-refractivity contribution >= 4 is 8.07 Å². The van der Waals surface area contributed by atoms with Crippen LogP contribution in [0.25, 0.3) is 0 Å². The molecule has 0 aromatic rings. The Bertz CT molecular complexity index is 217. The molecule has 68 valence electrons. The van der Waals surface area contributed by atoms with Crippen molar-refractivity contribution in [2.75, 3.05) is 0 Å². The van der Waals surface area contributed by atoms with E-state index in [0.29, 0.717) is 0 Å². The molecule has 0 aliphatic heterocycles. The minimum atomic E-state index is -1.25. The van der Waals surface area contributed by atoms with Gasteiger partial charge in [-0.1, -0.05) is 25.6 Å². The van der Waals surface area contributed by atoms with E-state index in [1.54, 1.807) is 26.0 Å². The molecule has 0 saturated carbocycles. The van der Waals surface area contributed by atoms with Crippen LogP contribution in [0.2, 0.25) is 19.6 Å². The van der Waals surface area contributed by atoms with Gasteiger partial charge in [0, 0.05) is 0 Å². The summed E-state index contributed by atoms with van der Waals surface area (Å²) in [6, 6.07) is 0. The first-order chi connectivity index (χ1) is 5.21. The van der Waals surface area contributed by atoms with Crippen molar-refractivity contribution in [1.29, 1.82) is 0 Å². The molecule has 0 bridgehead atoms. The van der Waals surface area contributed by atoms with E-state index in [2.05, 4.69) is 31.1 Å². The Morgan fingerprint density at radius 2 is 1.75 bits per heavy atom. The fourth-order valence-corrected chi connectivity index (χ4v) is 1.02. The van der Waals surface area contributed by atoms with Crippen LogP contribution in [-0.2, 0) is 0 Å². The van der Waals surface area contributed by atoms with Gasteiger partial charge < -0.3 is 5.11 Å². The van der Waals surface area contributed by atoms with Crippen LogP contribution in [0.5, 0.6) is 0 Å². The number of hydrogen-bond donors (Lipinski definition) is 1. The van der Waals surface area contributed by atoms with Crippen molar-refractivity contribution in [3.05, 3.63) is 12.2 Å². The zero-order chi connectivity index (χ0) is 9.83. The first-order valence-electron chi connectivity index (χ1n) is 4.13. The molecule has 0 heterocycles. The van der Waals surface area contributed by atoms with Crippen LogP contribution >= 0.6 is 0 Å². The highest BCUT2D eigenvalue weighted by atomic mass is 28.3. The lowest BCUT2D eigenvalue weighted by molar-refractivity contribution is 0.133. The third kappa shape index (κ3) is 9.48. The monoisotopic (exact) mass is 182 g/mol. The van der Waals surface area contributed by atoms with E-state index in [1.807, 2.05) is 0 Å². The topological polar surface area (TPSA) is 20.2 Å². The van der Waals surface area contributed by atoms with Gasteiger partial charge in [-0.15, -0.1) is 5.54 Å². The lowest BCUT2D eigenvalue weighted by Gasteiger charge is -2.08. The van der Waals surface area contributed by atoms with Crippen molar-refractivity contribution in [1.82, 2.24) is 0 Å². The lowest BCUT2D eigenvalue weighted by atomic mass is 10.1. The standard InChI is InChI=1S/C10H18OSi/c1-10(2,11)8-6-7-9-12(3,4)5/h6,8,11H,1-5H3/b8-6+. The zero-order valence-electron chi connectivity index (χ0n) is 8.60. The Kier molecular flexibility index (Phi) is 3.76. The van der Waals surface area contributed by atoms with E-state index in [9.17, 15) is 5.11 Å². The first kappa shape index (κ1) is 11.5. The maximum atomic E-state index is 9.30. The van der Waals surface area contributed by atoms with Gasteiger partial charge in [-0.3, -0.25) is 0 Å². The summed E-state index contributed by atoms with van der Waals surface area (Å²) < 4.78 is 0. The van der Waals surface area contributed by atoms with Gasteiger partial charge in [0.05, 0.1) is 5.60 Å². The van der Waals surface area contributed by atoms with E-state index >= 15 is 0 Å². The maximum absolute atomic E-state index is 9.30. The minimum Gasteiger partial charge on any atom is -0.386 e. The predicted molar refractivity (Wildman–Crippen MR) is 56.6 cm³/mol. The summed E-state index contributed by atoms with van der Waals surface area (Å²) in [4.78, 5) is 0. The summed E-state index contributed by atoms with van der Waals surface area (Å²) in [6.07, 6.45) is 3.44. The van der Waals surface area contributed by atoms with Crippen molar-refractivity contribution in [3.8, 4) is 11.5 Å². The number of aliphatic hydroxyl groups is 1. The van der Waals surface area contributed by atoms with Crippen LogP contribution in [0.1, 0.15) is 13.8 Å². The predicted octanol–water partition coefficient (Wildman–Crippen LogP) is 2.19. The molecular formula is C10H18OSi.